The molecule has 0 unspecified atom stereocenters. The number of anilines is 1. The molecular weight excluding hydrogens is 396 g/mol. The Balaban J connectivity index is 1.62. The lowest BCUT2D eigenvalue weighted by atomic mass is 10.2. The number of thiol groups is 1. The number of carbonyl (C=O) groups is 1. The summed E-state index contributed by atoms with van der Waals surface area (Å²) < 4.78 is 8.56. The predicted octanol–water partition coefficient (Wildman–Crippen LogP) is 2.71. The van der Waals surface area contributed by atoms with Gasteiger partial charge in [0.2, 0.25) is 11.3 Å². The molecule has 3 aliphatic rings. The maximum atomic E-state index is 12.1. The minimum Gasteiger partial charge on any atom is -0.452 e. The molecule has 6 nitrogen and oxygen atoms in total. The van der Waals surface area contributed by atoms with Crippen LogP contribution >= 0.6 is 12.6 Å². The van der Waals surface area contributed by atoms with Crippen LogP contribution in [0.3, 0.4) is 0 Å². The number of hydrogen-bond acceptors (Lipinski definition) is 5. The first-order chi connectivity index (χ1) is 14.6. The summed E-state index contributed by atoms with van der Waals surface area (Å²) in [5.41, 5.74) is 3.60. The molecule has 0 aromatic heterocycles. The van der Waals surface area contributed by atoms with Gasteiger partial charge in [-0.25, -0.2) is 9.56 Å². The number of amides is 1. The standard InChI is InChI=1S/C23H28N4O2S/c1-3-25(4-2)17-5-7-19-21(15-17)29-22-16-18(6-8-20(22)24-19)26-10-12-27(13-11-26)23(28)9-14-30/h5-8,15-16H,3-4,9-14H2,1-2H3/p+1. The van der Waals surface area contributed by atoms with Crippen molar-refractivity contribution in [1.82, 2.24) is 14.5 Å². The molecular formula is C23H29N4O2S+. The van der Waals surface area contributed by atoms with Gasteiger partial charge in [0.15, 0.2) is 11.3 Å². The van der Waals surface area contributed by atoms with Gasteiger partial charge in [0.05, 0.1) is 6.07 Å². The smallest absolute Gasteiger partial charge is 0.223 e. The number of rotatable bonds is 5. The van der Waals surface area contributed by atoms with Crippen LogP contribution in [0.5, 0.6) is 0 Å². The van der Waals surface area contributed by atoms with E-state index in [1.54, 1.807) is 0 Å². The van der Waals surface area contributed by atoms with E-state index in [2.05, 4.69) is 60.2 Å². The minimum absolute atomic E-state index is 0.192. The van der Waals surface area contributed by atoms with Crippen LogP contribution in [0.1, 0.15) is 20.3 Å². The zero-order chi connectivity index (χ0) is 21.1. The number of fused-ring (bicyclic) bond motifs is 2. The highest BCUT2D eigenvalue weighted by molar-refractivity contribution is 7.80. The summed E-state index contributed by atoms with van der Waals surface area (Å²) in [6.45, 7) is 9.33. The van der Waals surface area contributed by atoms with Crippen LogP contribution < -0.4 is 14.8 Å². The SMILES string of the molecule is CC[N+](CC)=c1ccc2nc3ccc(N4CCN(C(=O)CCS)CC4)cc3oc-2c1. The van der Waals surface area contributed by atoms with Crippen molar-refractivity contribution in [2.45, 2.75) is 20.3 Å². The molecule has 1 aliphatic carbocycles. The number of carbonyl (C=O) groups excluding carboxylic acids is 1. The maximum absolute atomic E-state index is 12.1. The van der Waals surface area contributed by atoms with Crippen LogP contribution in [0.15, 0.2) is 40.8 Å². The summed E-state index contributed by atoms with van der Waals surface area (Å²) in [6.07, 6.45) is 0.506. The van der Waals surface area contributed by atoms with E-state index in [-0.39, 0.29) is 5.91 Å². The fraction of sp³-hybridized carbons (Fsp3) is 0.435. The summed E-state index contributed by atoms with van der Waals surface area (Å²) in [4.78, 5) is 21.1. The van der Waals surface area contributed by atoms with Gasteiger partial charge in [-0.3, -0.25) is 4.79 Å². The molecule has 0 bridgehead atoms. The quantitative estimate of drug-likeness (QED) is 0.388. The van der Waals surface area contributed by atoms with Crippen molar-refractivity contribution >= 4 is 35.3 Å². The first-order valence-corrected chi connectivity index (χ1v) is 11.3. The maximum Gasteiger partial charge on any atom is 0.223 e. The highest BCUT2D eigenvalue weighted by atomic mass is 32.1. The molecule has 1 amide bonds. The first-order valence-electron chi connectivity index (χ1n) is 10.7. The Morgan fingerprint density at radius 3 is 2.57 bits per heavy atom. The molecule has 7 heteroatoms. The van der Waals surface area contributed by atoms with E-state index in [0.717, 1.165) is 72.9 Å². The van der Waals surface area contributed by atoms with Gasteiger partial charge < -0.3 is 14.2 Å². The number of aromatic nitrogens is 1. The van der Waals surface area contributed by atoms with E-state index >= 15 is 0 Å². The van der Waals surface area contributed by atoms with Crippen LogP contribution in [0, 0.1) is 0 Å². The van der Waals surface area contributed by atoms with Gasteiger partial charge in [0, 0.05) is 50.4 Å². The molecule has 1 fully saturated rings. The van der Waals surface area contributed by atoms with Crippen LogP contribution in [0.2, 0.25) is 0 Å². The molecule has 2 heterocycles. The van der Waals surface area contributed by atoms with E-state index in [0.29, 0.717) is 12.2 Å². The van der Waals surface area contributed by atoms with Crippen LogP contribution in [0.25, 0.3) is 22.6 Å². The Labute approximate surface area is 182 Å². The molecule has 30 heavy (non-hydrogen) atoms. The van der Waals surface area contributed by atoms with Crippen LogP contribution in [0.4, 0.5) is 5.69 Å². The molecule has 0 radical (unpaired) electrons. The summed E-state index contributed by atoms with van der Waals surface area (Å²) in [5.74, 6) is 1.59. The van der Waals surface area contributed by atoms with Gasteiger partial charge >= 0.3 is 0 Å². The summed E-state index contributed by atoms with van der Waals surface area (Å²) >= 11 is 4.17. The lowest BCUT2D eigenvalue weighted by molar-refractivity contribution is -0.131. The van der Waals surface area contributed by atoms with Crippen molar-refractivity contribution in [3.05, 3.63) is 41.8 Å². The number of hydrogen-bond donors (Lipinski definition) is 1. The third-order valence-corrected chi connectivity index (χ3v) is 6.02. The number of nitrogens with zero attached hydrogens (tertiary/aromatic N) is 4. The molecule has 1 saturated heterocycles. The molecule has 1 aromatic carbocycles. The highest BCUT2D eigenvalue weighted by Crippen LogP contribution is 2.27. The molecule has 0 saturated carbocycles. The molecule has 4 rings (SSSR count). The van der Waals surface area contributed by atoms with Crippen molar-refractivity contribution in [1.29, 1.82) is 0 Å². The second kappa shape index (κ2) is 9.08. The Hall–Kier alpha value is -2.54. The highest BCUT2D eigenvalue weighted by Gasteiger charge is 2.21. The van der Waals surface area contributed by atoms with Crippen molar-refractivity contribution < 1.29 is 9.21 Å². The van der Waals surface area contributed by atoms with Crippen LogP contribution in [-0.2, 0) is 4.79 Å². The zero-order valence-electron chi connectivity index (χ0n) is 17.7. The number of piperazine rings is 1. The number of benzene rings is 2. The average molecular weight is 426 g/mol. The predicted molar refractivity (Wildman–Crippen MR) is 124 cm³/mol. The van der Waals surface area contributed by atoms with E-state index in [4.69, 9.17) is 9.40 Å². The van der Waals surface area contributed by atoms with Gasteiger partial charge in [0.1, 0.15) is 24.3 Å². The molecule has 0 atom stereocenters. The summed E-state index contributed by atoms with van der Waals surface area (Å²) in [5, 5.41) is 1.15. The molecule has 0 spiro atoms. The fourth-order valence-corrected chi connectivity index (χ4v) is 4.24. The van der Waals surface area contributed by atoms with Crippen molar-refractivity contribution in [3.8, 4) is 11.5 Å². The fourth-order valence-electron chi connectivity index (χ4n) is 4.05. The van der Waals surface area contributed by atoms with E-state index < -0.39 is 0 Å². The largest absolute Gasteiger partial charge is 0.452 e. The monoisotopic (exact) mass is 425 g/mol. The molecule has 158 valence electrons. The van der Waals surface area contributed by atoms with Gasteiger partial charge in [-0.2, -0.15) is 12.6 Å². The van der Waals surface area contributed by atoms with E-state index in [1.165, 1.54) is 0 Å². The second-order valence-electron chi connectivity index (χ2n) is 7.53. The Bertz CT molecular complexity index is 1080. The van der Waals surface area contributed by atoms with Gasteiger partial charge in [-0.05, 0) is 37.8 Å². The minimum atomic E-state index is 0.192. The Morgan fingerprint density at radius 2 is 1.87 bits per heavy atom. The summed E-state index contributed by atoms with van der Waals surface area (Å²) in [6, 6.07) is 12.4. The first kappa shape index (κ1) is 20.7. The van der Waals surface area contributed by atoms with Crippen molar-refractivity contribution in [2.24, 2.45) is 0 Å². The summed E-state index contributed by atoms with van der Waals surface area (Å²) in [7, 11) is 0. The van der Waals surface area contributed by atoms with E-state index in [9.17, 15) is 4.79 Å². The molecule has 2 aliphatic heterocycles. The molecule has 0 N–H and O–H groups in total. The zero-order valence-corrected chi connectivity index (χ0v) is 18.6. The van der Waals surface area contributed by atoms with E-state index in [1.807, 2.05) is 17.0 Å². The lowest BCUT2D eigenvalue weighted by Crippen LogP contribution is -2.48. The second-order valence-corrected chi connectivity index (χ2v) is 7.98. The third kappa shape index (κ3) is 4.17. The van der Waals surface area contributed by atoms with Crippen LogP contribution in [-0.4, -0.2) is 60.8 Å². The Kier molecular flexibility index (Phi) is 6.27. The average Bonchev–Trinajstić information content (AvgIpc) is 2.78. The third-order valence-electron chi connectivity index (χ3n) is 5.80. The van der Waals surface area contributed by atoms with Crippen molar-refractivity contribution in [3.63, 3.8) is 0 Å². The topological polar surface area (TPSA) is 52.6 Å². The van der Waals surface area contributed by atoms with Crippen molar-refractivity contribution in [2.75, 3.05) is 49.9 Å². The molecule has 1 aromatic rings. The van der Waals surface area contributed by atoms with Gasteiger partial charge in [-0.15, -0.1) is 0 Å². The van der Waals surface area contributed by atoms with Gasteiger partial charge in [-0.1, -0.05) is 0 Å². The Morgan fingerprint density at radius 1 is 1.10 bits per heavy atom. The van der Waals surface area contributed by atoms with Gasteiger partial charge in [0.25, 0.3) is 0 Å². The lowest BCUT2D eigenvalue weighted by Gasteiger charge is -2.36. The normalized spacial score (nSPS) is 14.5.